The second kappa shape index (κ2) is 15.1. The van der Waals surface area contributed by atoms with E-state index in [1.54, 1.807) is 24.3 Å². The Morgan fingerprint density at radius 2 is 1.78 bits per heavy atom. The fourth-order valence-electron chi connectivity index (χ4n) is 9.85. The van der Waals surface area contributed by atoms with Crippen LogP contribution in [0.15, 0.2) is 78.1 Å². The average molecular weight is 747 g/mol. The quantitative estimate of drug-likeness (QED) is 0.0978. The molecule has 1 aliphatic carbocycles. The second-order valence-corrected chi connectivity index (χ2v) is 15.7. The number of phenols is 4. The van der Waals surface area contributed by atoms with E-state index in [9.17, 15) is 25.5 Å². The van der Waals surface area contributed by atoms with Crippen molar-refractivity contribution in [3.63, 3.8) is 0 Å². The van der Waals surface area contributed by atoms with Gasteiger partial charge in [-0.05, 0) is 133 Å². The molecule has 1 spiro atoms. The number of aliphatic hydroxyl groups is 1. The fraction of sp³-hybridized carbons (Fsp3) is 0.400. The van der Waals surface area contributed by atoms with E-state index in [-0.39, 0.29) is 41.0 Å². The van der Waals surface area contributed by atoms with Gasteiger partial charge in [-0.25, -0.2) is 0 Å². The van der Waals surface area contributed by atoms with Crippen LogP contribution in [0.4, 0.5) is 5.69 Å². The van der Waals surface area contributed by atoms with Crippen LogP contribution in [0.1, 0.15) is 79.5 Å². The van der Waals surface area contributed by atoms with Crippen LogP contribution in [0.2, 0.25) is 0 Å². The van der Waals surface area contributed by atoms with Crippen LogP contribution < -0.4 is 20.1 Å². The number of carbonyl (C=O) groups is 1. The van der Waals surface area contributed by atoms with Crippen LogP contribution in [-0.2, 0) is 24.1 Å². The summed E-state index contributed by atoms with van der Waals surface area (Å²) in [6.07, 6.45) is 10.4. The predicted molar refractivity (Wildman–Crippen MR) is 211 cm³/mol. The van der Waals surface area contributed by atoms with Gasteiger partial charge < -0.3 is 45.6 Å². The number of carbonyl (C=O) groups excluding carboxylic acids is 1. The first-order chi connectivity index (χ1) is 26.6. The summed E-state index contributed by atoms with van der Waals surface area (Å²) in [5.41, 5.74) is 5.03. The number of ether oxygens (including phenoxy) is 2. The lowest BCUT2D eigenvalue weighted by Gasteiger charge is -2.42. The summed E-state index contributed by atoms with van der Waals surface area (Å²) in [7, 11) is 1.43. The van der Waals surface area contributed by atoms with Crippen molar-refractivity contribution >= 4 is 22.2 Å². The molecule has 3 unspecified atom stereocenters. The minimum atomic E-state index is -0.956. The van der Waals surface area contributed by atoms with E-state index in [0.29, 0.717) is 50.1 Å². The number of ketones is 1. The highest BCUT2D eigenvalue weighted by molar-refractivity contribution is 5.91. The number of aryl methyl sites for hydroxylation is 2. The van der Waals surface area contributed by atoms with E-state index >= 15 is 4.79 Å². The molecule has 8 rings (SSSR count). The van der Waals surface area contributed by atoms with E-state index in [2.05, 4.69) is 22.8 Å². The molecule has 0 saturated heterocycles. The molecular weight excluding hydrogens is 697 g/mol. The Kier molecular flexibility index (Phi) is 10.0. The number of allylic oxidation sites excluding steroid dienone is 2. The molecule has 55 heavy (non-hydrogen) atoms. The number of fused-ring (bicyclic) bond motifs is 6. The molecule has 4 aliphatic rings. The van der Waals surface area contributed by atoms with Crippen molar-refractivity contribution in [1.82, 2.24) is 5.32 Å². The molecule has 3 atom stereocenters. The molecule has 4 aromatic rings. The zero-order valence-electron chi connectivity index (χ0n) is 31.2. The third-order valence-corrected chi connectivity index (χ3v) is 12.5. The number of hydrogen-bond acceptors (Lipinski definition) is 10. The Labute approximate surface area is 321 Å². The van der Waals surface area contributed by atoms with Crippen molar-refractivity contribution in [2.45, 2.75) is 82.7 Å². The Morgan fingerprint density at radius 3 is 2.60 bits per heavy atom. The van der Waals surface area contributed by atoms with E-state index in [1.165, 1.54) is 13.2 Å². The molecule has 3 aliphatic heterocycles. The first-order valence-corrected chi connectivity index (χ1v) is 19.6. The first kappa shape index (κ1) is 36.6. The largest absolute Gasteiger partial charge is 0.508 e. The van der Waals surface area contributed by atoms with Gasteiger partial charge in [0.05, 0.1) is 25.7 Å². The van der Waals surface area contributed by atoms with E-state index < -0.39 is 23.4 Å². The summed E-state index contributed by atoms with van der Waals surface area (Å²) in [6.45, 7) is 1.12. The lowest BCUT2D eigenvalue weighted by molar-refractivity contribution is -0.132. The zero-order valence-corrected chi connectivity index (χ0v) is 31.2. The number of hydrogen-bond donors (Lipinski definition) is 7. The molecule has 0 radical (unpaired) electrons. The molecule has 1 saturated carbocycles. The second-order valence-electron chi connectivity index (χ2n) is 15.7. The predicted octanol–water partition coefficient (Wildman–Crippen LogP) is 7.64. The van der Waals surface area contributed by atoms with Gasteiger partial charge in [-0.15, -0.1) is 0 Å². The monoisotopic (exact) mass is 746 g/mol. The molecule has 4 aromatic carbocycles. The van der Waals surface area contributed by atoms with Gasteiger partial charge in [0.15, 0.2) is 23.0 Å². The van der Waals surface area contributed by atoms with E-state index in [0.717, 1.165) is 83.1 Å². The molecule has 0 aromatic heterocycles. The van der Waals surface area contributed by atoms with Crippen LogP contribution in [0.5, 0.6) is 34.5 Å². The summed E-state index contributed by atoms with van der Waals surface area (Å²) in [6, 6.07) is 16.1. The van der Waals surface area contributed by atoms with Crippen molar-refractivity contribution in [1.29, 1.82) is 0 Å². The highest BCUT2D eigenvalue weighted by Gasteiger charge is 2.50. The minimum absolute atomic E-state index is 0.0355. The molecule has 0 amide bonds. The third-order valence-electron chi connectivity index (χ3n) is 12.5. The number of benzene rings is 4. The Hall–Kier alpha value is -5.35. The average Bonchev–Trinajstić information content (AvgIpc) is 3.68. The SMILES string of the molecule is COc1cc(C2CCc3c(ccc4cc(O)ccc34)NC3=CC(=CCN3)C3(CCCC3)C(C(O)CCc3ccc(O)c4c3CCCO4)C(=O)C2)cc(O)c1O. The topological polar surface area (TPSA) is 161 Å². The Balaban J connectivity index is 1.23. The maximum atomic E-state index is 15.3. The summed E-state index contributed by atoms with van der Waals surface area (Å²) in [4.78, 5) is 15.3. The van der Waals surface area contributed by atoms with Crippen LogP contribution in [-0.4, -0.2) is 57.7 Å². The highest BCUT2D eigenvalue weighted by Crippen LogP contribution is 2.54. The lowest BCUT2D eigenvalue weighted by Crippen LogP contribution is -2.44. The number of anilines is 1. The van der Waals surface area contributed by atoms with Crippen molar-refractivity contribution in [3.8, 4) is 34.5 Å². The number of dihydropyridines is 1. The van der Waals surface area contributed by atoms with Gasteiger partial charge in [0.2, 0.25) is 5.75 Å². The molecular formula is C45H50N2O8. The number of methoxy groups -OCH3 is 1. The van der Waals surface area contributed by atoms with Crippen LogP contribution >= 0.6 is 0 Å². The maximum Gasteiger partial charge on any atom is 0.200 e. The highest BCUT2D eigenvalue weighted by atomic mass is 16.5. The number of aliphatic hydroxyl groups excluding tert-OH is 1. The normalized spacial score (nSPS) is 21.3. The maximum absolute atomic E-state index is 15.3. The van der Waals surface area contributed by atoms with Gasteiger partial charge in [-0.1, -0.05) is 37.1 Å². The minimum Gasteiger partial charge on any atom is -0.508 e. The summed E-state index contributed by atoms with van der Waals surface area (Å²) >= 11 is 0. The molecule has 7 N–H and O–H groups in total. The molecule has 10 nitrogen and oxygen atoms in total. The molecule has 3 heterocycles. The van der Waals surface area contributed by atoms with Gasteiger partial charge in [0.25, 0.3) is 0 Å². The van der Waals surface area contributed by atoms with Crippen molar-refractivity contribution < 1.29 is 39.8 Å². The van der Waals surface area contributed by atoms with Gasteiger partial charge in [-0.2, -0.15) is 0 Å². The smallest absolute Gasteiger partial charge is 0.200 e. The molecule has 2 bridgehead atoms. The van der Waals surface area contributed by atoms with Crippen LogP contribution in [0, 0.1) is 11.3 Å². The van der Waals surface area contributed by atoms with Crippen LogP contribution in [0.3, 0.4) is 0 Å². The number of rotatable bonds is 6. The number of Topliss-reactive ketones (excluding diaryl/α,β-unsaturated/α-hetero) is 1. The van der Waals surface area contributed by atoms with Crippen LogP contribution in [0.25, 0.3) is 10.8 Å². The number of phenolic OH excluding ortho intramolecular Hbond substituents is 4. The third kappa shape index (κ3) is 6.92. The Bertz CT molecular complexity index is 2190. The van der Waals surface area contributed by atoms with Gasteiger partial charge in [0, 0.05) is 29.6 Å². The molecule has 1 fully saturated rings. The molecule has 10 heteroatoms. The van der Waals surface area contributed by atoms with Crippen molar-refractivity contribution in [2.24, 2.45) is 11.3 Å². The lowest BCUT2D eigenvalue weighted by atomic mass is 9.62. The molecule has 288 valence electrons. The van der Waals surface area contributed by atoms with Gasteiger partial charge in [-0.3, -0.25) is 4.79 Å². The number of aromatic hydroxyl groups is 4. The number of nitrogens with one attached hydrogen (secondary N) is 2. The first-order valence-electron chi connectivity index (χ1n) is 19.6. The van der Waals surface area contributed by atoms with Gasteiger partial charge in [0.1, 0.15) is 17.4 Å². The zero-order chi connectivity index (χ0) is 38.3. The fourth-order valence-corrected chi connectivity index (χ4v) is 9.85. The van der Waals surface area contributed by atoms with Gasteiger partial charge >= 0.3 is 0 Å². The van der Waals surface area contributed by atoms with E-state index in [1.807, 2.05) is 24.3 Å². The van der Waals surface area contributed by atoms with E-state index in [4.69, 9.17) is 9.47 Å². The summed E-state index contributed by atoms with van der Waals surface area (Å²) < 4.78 is 11.3. The standard InChI is InChI=1S/C45H50N2O8/c1-54-40-24-29(23-39(52)43(40)53)27-6-11-34-32-12-10-31(48)21-28(32)7-13-35(34)47-41-25-30(16-19-46-41)45(17-2-3-18-45)42(38(51)22-27)36(49)14-8-26-9-15-37(50)44-33(26)5-4-20-55-44/h7,9-10,12-13,15-16,21,23-25,27,36,42,46-50,52-53H,2-6,8,11,14,17-20,22H2,1H3. The summed E-state index contributed by atoms with van der Waals surface area (Å²) in [5.74, 6) is -0.0548. The van der Waals surface area contributed by atoms with Crippen molar-refractivity contribution in [2.75, 3.05) is 25.6 Å². The summed E-state index contributed by atoms with van der Waals surface area (Å²) in [5, 5.41) is 63.7. The Morgan fingerprint density at radius 1 is 0.945 bits per heavy atom. The van der Waals surface area contributed by atoms with Crippen molar-refractivity contribution in [3.05, 3.63) is 100 Å².